The van der Waals surface area contributed by atoms with Crippen molar-refractivity contribution < 1.29 is 8.81 Å². The molecular formula is C16H15FN4OS. The van der Waals surface area contributed by atoms with Gasteiger partial charge in [-0.3, -0.25) is 0 Å². The van der Waals surface area contributed by atoms with Gasteiger partial charge in [0.15, 0.2) is 5.16 Å². The van der Waals surface area contributed by atoms with Crippen LogP contribution in [0.1, 0.15) is 37.0 Å². The first-order chi connectivity index (χ1) is 11.3. The highest BCUT2D eigenvalue weighted by molar-refractivity contribution is 7.98. The molecule has 2 heterocycles. The second kappa shape index (κ2) is 6.16. The van der Waals surface area contributed by atoms with Crippen LogP contribution >= 0.6 is 11.8 Å². The molecule has 1 fully saturated rings. The van der Waals surface area contributed by atoms with E-state index in [0.717, 1.165) is 35.1 Å². The zero-order chi connectivity index (χ0) is 15.6. The van der Waals surface area contributed by atoms with Crippen LogP contribution in [0.15, 0.2) is 40.0 Å². The predicted molar refractivity (Wildman–Crippen MR) is 84.4 cm³/mol. The summed E-state index contributed by atoms with van der Waals surface area (Å²) >= 11 is 1.51. The third-order valence-electron chi connectivity index (χ3n) is 3.98. The molecule has 118 valence electrons. The van der Waals surface area contributed by atoms with Gasteiger partial charge in [0, 0.05) is 5.92 Å². The highest BCUT2D eigenvalue weighted by atomic mass is 32.2. The molecule has 0 amide bonds. The number of imidazole rings is 1. The number of aromatic amines is 1. The van der Waals surface area contributed by atoms with Gasteiger partial charge in [-0.05, 0) is 42.7 Å². The molecule has 0 unspecified atom stereocenters. The Hall–Kier alpha value is -2.15. The maximum atomic E-state index is 13.0. The summed E-state index contributed by atoms with van der Waals surface area (Å²) in [6.07, 6.45) is 5.28. The highest BCUT2D eigenvalue weighted by Gasteiger charge is 2.25. The zero-order valence-electron chi connectivity index (χ0n) is 12.3. The summed E-state index contributed by atoms with van der Waals surface area (Å²) in [5.41, 5.74) is 1.75. The molecule has 0 saturated heterocycles. The van der Waals surface area contributed by atoms with Crippen LogP contribution in [0.4, 0.5) is 4.39 Å². The Labute approximate surface area is 136 Å². The number of aromatic nitrogens is 4. The Morgan fingerprint density at radius 3 is 2.78 bits per heavy atom. The lowest BCUT2D eigenvalue weighted by Crippen LogP contribution is -2.08. The Kier molecular flexibility index (Phi) is 3.87. The van der Waals surface area contributed by atoms with Crippen LogP contribution in [0, 0.1) is 5.82 Å². The second-order valence-corrected chi connectivity index (χ2v) is 6.52. The van der Waals surface area contributed by atoms with Gasteiger partial charge in [-0.15, -0.1) is 10.2 Å². The molecule has 0 atom stereocenters. The summed E-state index contributed by atoms with van der Waals surface area (Å²) < 4.78 is 18.6. The fourth-order valence-electron chi connectivity index (χ4n) is 2.43. The van der Waals surface area contributed by atoms with Gasteiger partial charge in [0.25, 0.3) is 0 Å². The van der Waals surface area contributed by atoms with E-state index in [1.54, 1.807) is 18.3 Å². The number of benzene rings is 1. The molecule has 0 aliphatic heterocycles. The predicted octanol–water partition coefficient (Wildman–Crippen LogP) is 4.16. The van der Waals surface area contributed by atoms with Crippen LogP contribution in [0.2, 0.25) is 0 Å². The van der Waals surface area contributed by atoms with Crippen LogP contribution in [0.5, 0.6) is 0 Å². The standard InChI is InChI=1S/C16H15FN4OS/c17-12-6-4-10(5-7-12)13-8-18-16(19-13)23-9-14-20-21-15(22-14)11-2-1-3-11/h4-8,11H,1-3,9H2,(H,18,19). The van der Waals surface area contributed by atoms with E-state index in [-0.39, 0.29) is 5.82 Å². The number of nitrogens with zero attached hydrogens (tertiary/aromatic N) is 3. The average Bonchev–Trinajstić information content (AvgIpc) is 3.14. The molecule has 1 aliphatic carbocycles. The molecule has 2 aromatic heterocycles. The third kappa shape index (κ3) is 3.14. The number of hydrogen-bond donors (Lipinski definition) is 1. The smallest absolute Gasteiger partial charge is 0.226 e. The van der Waals surface area contributed by atoms with Gasteiger partial charge in [-0.25, -0.2) is 9.37 Å². The fourth-order valence-corrected chi connectivity index (χ4v) is 3.11. The number of hydrogen-bond acceptors (Lipinski definition) is 5. The molecule has 7 heteroatoms. The molecule has 0 radical (unpaired) electrons. The third-order valence-corrected chi connectivity index (χ3v) is 4.85. The van der Waals surface area contributed by atoms with E-state index in [1.165, 1.54) is 30.3 Å². The minimum atomic E-state index is -0.249. The van der Waals surface area contributed by atoms with E-state index in [9.17, 15) is 4.39 Å². The normalized spacial score (nSPS) is 14.8. The fraction of sp³-hybridized carbons (Fsp3) is 0.312. The van der Waals surface area contributed by atoms with E-state index < -0.39 is 0 Å². The van der Waals surface area contributed by atoms with Crippen molar-refractivity contribution in [3.8, 4) is 11.3 Å². The van der Waals surface area contributed by atoms with E-state index in [1.807, 2.05) is 0 Å². The van der Waals surface area contributed by atoms with Crippen molar-refractivity contribution in [1.82, 2.24) is 20.2 Å². The largest absolute Gasteiger partial charge is 0.424 e. The number of nitrogens with one attached hydrogen (secondary N) is 1. The second-order valence-electron chi connectivity index (χ2n) is 5.56. The van der Waals surface area contributed by atoms with Gasteiger partial charge in [-0.2, -0.15) is 0 Å². The van der Waals surface area contributed by atoms with Gasteiger partial charge < -0.3 is 9.40 Å². The lowest BCUT2D eigenvalue weighted by atomic mass is 9.85. The first-order valence-electron chi connectivity index (χ1n) is 7.54. The Morgan fingerprint density at radius 1 is 1.22 bits per heavy atom. The monoisotopic (exact) mass is 330 g/mol. The molecular weight excluding hydrogens is 315 g/mol. The van der Waals surface area contributed by atoms with Crippen LogP contribution in [-0.2, 0) is 5.75 Å². The summed E-state index contributed by atoms with van der Waals surface area (Å²) in [5.74, 6) is 2.17. The van der Waals surface area contributed by atoms with E-state index >= 15 is 0 Å². The number of thioether (sulfide) groups is 1. The average molecular weight is 330 g/mol. The first-order valence-corrected chi connectivity index (χ1v) is 8.52. The quantitative estimate of drug-likeness (QED) is 0.712. The van der Waals surface area contributed by atoms with Gasteiger partial charge in [0.05, 0.1) is 17.6 Å². The van der Waals surface area contributed by atoms with Crippen molar-refractivity contribution in [2.24, 2.45) is 0 Å². The topological polar surface area (TPSA) is 67.6 Å². The van der Waals surface area contributed by atoms with Crippen LogP contribution in [0.25, 0.3) is 11.3 Å². The lowest BCUT2D eigenvalue weighted by molar-refractivity contribution is 0.328. The molecule has 0 spiro atoms. The highest BCUT2D eigenvalue weighted by Crippen LogP contribution is 2.35. The minimum absolute atomic E-state index is 0.249. The van der Waals surface area contributed by atoms with Crippen molar-refractivity contribution in [2.75, 3.05) is 0 Å². The van der Waals surface area contributed by atoms with Crippen molar-refractivity contribution in [3.05, 3.63) is 48.1 Å². The van der Waals surface area contributed by atoms with Crippen LogP contribution in [0.3, 0.4) is 0 Å². The molecule has 4 rings (SSSR count). The number of rotatable bonds is 5. The van der Waals surface area contributed by atoms with Gasteiger partial charge in [-0.1, -0.05) is 18.2 Å². The molecule has 1 aliphatic rings. The molecule has 1 saturated carbocycles. The first kappa shape index (κ1) is 14.4. The van der Waals surface area contributed by atoms with Crippen LogP contribution in [-0.4, -0.2) is 20.2 Å². The molecule has 1 aromatic carbocycles. The lowest BCUT2D eigenvalue weighted by Gasteiger charge is -2.20. The molecule has 23 heavy (non-hydrogen) atoms. The van der Waals surface area contributed by atoms with Crippen molar-refractivity contribution in [3.63, 3.8) is 0 Å². The Balaban J connectivity index is 1.39. The van der Waals surface area contributed by atoms with Gasteiger partial charge in [0.2, 0.25) is 11.8 Å². The summed E-state index contributed by atoms with van der Waals surface area (Å²) in [6, 6.07) is 6.31. The summed E-state index contributed by atoms with van der Waals surface area (Å²) in [4.78, 5) is 7.53. The summed E-state index contributed by atoms with van der Waals surface area (Å²) in [6.45, 7) is 0. The number of halogens is 1. The van der Waals surface area contributed by atoms with Crippen molar-refractivity contribution in [1.29, 1.82) is 0 Å². The molecule has 0 bridgehead atoms. The molecule has 5 nitrogen and oxygen atoms in total. The van der Waals surface area contributed by atoms with Crippen LogP contribution < -0.4 is 0 Å². The van der Waals surface area contributed by atoms with E-state index in [0.29, 0.717) is 17.6 Å². The van der Waals surface area contributed by atoms with Crippen molar-refractivity contribution >= 4 is 11.8 Å². The zero-order valence-corrected chi connectivity index (χ0v) is 13.1. The maximum Gasteiger partial charge on any atom is 0.226 e. The Bertz CT molecular complexity index is 795. The van der Waals surface area contributed by atoms with E-state index in [4.69, 9.17) is 4.42 Å². The Morgan fingerprint density at radius 2 is 2.04 bits per heavy atom. The van der Waals surface area contributed by atoms with Crippen molar-refractivity contribution in [2.45, 2.75) is 36.1 Å². The summed E-state index contributed by atoms with van der Waals surface area (Å²) in [5, 5.41) is 8.97. The van der Waals surface area contributed by atoms with E-state index in [2.05, 4.69) is 20.2 Å². The molecule has 3 aromatic rings. The minimum Gasteiger partial charge on any atom is -0.424 e. The summed E-state index contributed by atoms with van der Waals surface area (Å²) in [7, 11) is 0. The molecule has 1 N–H and O–H groups in total. The van der Waals surface area contributed by atoms with Gasteiger partial charge in [0.1, 0.15) is 5.82 Å². The maximum absolute atomic E-state index is 13.0. The number of H-pyrrole nitrogens is 1. The van der Waals surface area contributed by atoms with Gasteiger partial charge >= 0.3 is 0 Å². The SMILES string of the molecule is Fc1ccc(-c2cnc(SCc3nnc(C4CCC4)o3)[nH]2)cc1.